The Hall–Kier alpha value is -0.810. The van der Waals surface area contributed by atoms with Gasteiger partial charge in [0.2, 0.25) is 0 Å². The van der Waals surface area contributed by atoms with E-state index in [1.54, 1.807) is 6.92 Å². The Kier molecular flexibility index (Phi) is 3.11. The van der Waals surface area contributed by atoms with Crippen molar-refractivity contribution < 1.29 is 5.11 Å². The van der Waals surface area contributed by atoms with Gasteiger partial charge in [-0.3, -0.25) is 0 Å². The van der Waals surface area contributed by atoms with Crippen molar-refractivity contribution in [3.8, 4) is 0 Å². The Balaban J connectivity index is 2.69. The van der Waals surface area contributed by atoms with Crippen molar-refractivity contribution in [1.82, 2.24) is 4.37 Å². The third-order valence-electron chi connectivity index (χ3n) is 2.04. The molecule has 1 rings (SSSR count). The second-order valence-corrected chi connectivity index (χ2v) is 3.97. The molecule has 74 valence electrons. The number of nitrogens with two attached hydrogens (primary N) is 1. The van der Waals surface area contributed by atoms with Crippen LogP contribution in [-0.4, -0.2) is 21.6 Å². The van der Waals surface area contributed by atoms with Crippen molar-refractivity contribution in [3.05, 3.63) is 5.56 Å². The van der Waals surface area contributed by atoms with Crippen molar-refractivity contribution in [2.45, 2.75) is 32.9 Å². The molecule has 0 fully saturated rings. The van der Waals surface area contributed by atoms with Crippen LogP contribution < -0.4 is 11.1 Å². The molecular formula is C8H15N3OS. The van der Waals surface area contributed by atoms with E-state index in [-0.39, 0.29) is 12.1 Å². The molecule has 0 radical (unpaired) electrons. The molecule has 0 amide bonds. The fraction of sp³-hybridized carbons (Fsp3) is 0.625. The summed E-state index contributed by atoms with van der Waals surface area (Å²) in [6, 6.07) is 0.0125. The lowest BCUT2D eigenvalue weighted by Gasteiger charge is -2.16. The average molecular weight is 201 g/mol. The van der Waals surface area contributed by atoms with Crippen LogP contribution in [0.5, 0.6) is 0 Å². The van der Waals surface area contributed by atoms with Gasteiger partial charge in [0.05, 0.1) is 6.10 Å². The molecule has 13 heavy (non-hydrogen) atoms. The maximum absolute atomic E-state index is 9.27. The molecule has 2 atom stereocenters. The van der Waals surface area contributed by atoms with Crippen LogP contribution in [0.25, 0.3) is 0 Å². The lowest BCUT2D eigenvalue weighted by atomic mass is 10.2. The Morgan fingerprint density at radius 1 is 1.54 bits per heavy atom. The highest BCUT2D eigenvalue weighted by Crippen LogP contribution is 2.26. The van der Waals surface area contributed by atoms with E-state index in [0.29, 0.717) is 5.82 Å². The summed E-state index contributed by atoms with van der Waals surface area (Å²) < 4.78 is 4.00. The summed E-state index contributed by atoms with van der Waals surface area (Å²) in [6.45, 7) is 5.58. The molecular weight excluding hydrogens is 186 g/mol. The maximum Gasteiger partial charge on any atom is 0.142 e. The third-order valence-corrected chi connectivity index (χ3v) is 2.94. The minimum absolute atomic E-state index is 0.0125. The minimum atomic E-state index is -0.386. The highest BCUT2D eigenvalue weighted by atomic mass is 32.1. The molecule has 0 bridgehead atoms. The van der Waals surface area contributed by atoms with E-state index in [4.69, 9.17) is 5.73 Å². The van der Waals surface area contributed by atoms with Crippen molar-refractivity contribution in [1.29, 1.82) is 0 Å². The highest BCUT2D eigenvalue weighted by molar-refractivity contribution is 7.10. The second kappa shape index (κ2) is 3.93. The van der Waals surface area contributed by atoms with Crippen LogP contribution in [-0.2, 0) is 0 Å². The predicted molar refractivity (Wildman–Crippen MR) is 56.0 cm³/mol. The topological polar surface area (TPSA) is 71.2 Å². The average Bonchev–Trinajstić information content (AvgIpc) is 2.36. The first-order valence-corrected chi connectivity index (χ1v) is 4.96. The molecule has 5 heteroatoms. The minimum Gasteiger partial charge on any atom is -0.391 e. The van der Waals surface area contributed by atoms with E-state index >= 15 is 0 Å². The van der Waals surface area contributed by atoms with Crippen molar-refractivity contribution in [2.24, 2.45) is 0 Å². The summed E-state index contributed by atoms with van der Waals surface area (Å²) in [5, 5.41) is 13.4. The lowest BCUT2D eigenvalue weighted by Crippen LogP contribution is -2.27. The summed E-state index contributed by atoms with van der Waals surface area (Å²) in [5.41, 5.74) is 6.55. The van der Waals surface area contributed by atoms with E-state index in [1.165, 1.54) is 11.5 Å². The fourth-order valence-corrected chi connectivity index (χ4v) is 1.62. The van der Waals surface area contributed by atoms with Crippen LogP contribution in [0.1, 0.15) is 19.4 Å². The Bertz CT molecular complexity index is 285. The standard InChI is InChI=1S/C8H15N3OS/c1-4-7(9)11-13-8(4)10-5(2)6(3)12/h5-6,10,12H,1-3H3,(H2,9,11). The van der Waals surface area contributed by atoms with Gasteiger partial charge in [0.1, 0.15) is 10.8 Å². The first-order valence-electron chi connectivity index (χ1n) is 4.18. The van der Waals surface area contributed by atoms with Crippen molar-refractivity contribution >= 4 is 22.4 Å². The molecule has 2 unspecified atom stereocenters. The molecule has 1 aromatic rings. The highest BCUT2D eigenvalue weighted by Gasteiger charge is 2.12. The molecule has 4 N–H and O–H groups in total. The number of aromatic nitrogens is 1. The second-order valence-electron chi connectivity index (χ2n) is 3.20. The van der Waals surface area contributed by atoms with Gasteiger partial charge in [-0.25, -0.2) is 0 Å². The fourth-order valence-electron chi connectivity index (χ4n) is 0.810. The van der Waals surface area contributed by atoms with Gasteiger partial charge < -0.3 is 16.2 Å². The molecule has 4 nitrogen and oxygen atoms in total. The maximum atomic E-state index is 9.27. The van der Waals surface area contributed by atoms with Crippen LogP contribution in [0, 0.1) is 6.92 Å². The van der Waals surface area contributed by atoms with Crippen LogP contribution in [0.2, 0.25) is 0 Å². The quantitative estimate of drug-likeness (QED) is 0.687. The number of aliphatic hydroxyl groups is 1. The molecule has 0 aliphatic carbocycles. The van der Waals surface area contributed by atoms with Gasteiger partial charge in [-0.05, 0) is 32.3 Å². The van der Waals surface area contributed by atoms with Crippen LogP contribution in [0.3, 0.4) is 0 Å². The molecule has 0 spiro atoms. The summed E-state index contributed by atoms with van der Waals surface area (Å²) in [7, 11) is 0. The number of nitrogens with one attached hydrogen (secondary N) is 1. The molecule has 1 heterocycles. The normalized spacial score (nSPS) is 15.4. The van der Waals surface area contributed by atoms with Crippen LogP contribution in [0.15, 0.2) is 0 Å². The lowest BCUT2D eigenvalue weighted by molar-refractivity contribution is 0.178. The smallest absolute Gasteiger partial charge is 0.142 e. The van der Waals surface area contributed by atoms with Crippen LogP contribution in [0.4, 0.5) is 10.8 Å². The van der Waals surface area contributed by atoms with E-state index in [0.717, 1.165) is 10.6 Å². The molecule has 1 aromatic heterocycles. The summed E-state index contributed by atoms with van der Waals surface area (Å²) in [5.74, 6) is 0.560. The number of rotatable bonds is 3. The Morgan fingerprint density at radius 3 is 2.54 bits per heavy atom. The zero-order chi connectivity index (χ0) is 10.0. The van der Waals surface area contributed by atoms with Gasteiger partial charge in [-0.15, -0.1) is 0 Å². The van der Waals surface area contributed by atoms with Gasteiger partial charge in [-0.2, -0.15) is 4.37 Å². The number of hydrogen-bond acceptors (Lipinski definition) is 5. The first-order chi connectivity index (χ1) is 6.02. The Morgan fingerprint density at radius 2 is 2.15 bits per heavy atom. The SMILES string of the molecule is Cc1c(N)nsc1NC(C)C(C)O. The molecule has 0 saturated carbocycles. The predicted octanol–water partition coefficient (Wildman–Crippen LogP) is 1.21. The van der Waals surface area contributed by atoms with E-state index < -0.39 is 0 Å². The number of aliphatic hydroxyl groups excluding tert-OH is 1. The molecule has 0 aliphatic rings. The zero-order valence-electron chi connectivity index (χ0n) is 8.03. The van der Waals surface area contributed by atoms with Gasteiger partial charge in [0.25, 0.3) is 0 Å². The molecule has 0 saturated heterocycles. The first kappa shape index (κ1) is 10.3. The van der Waals surface area contributed by atoms with Gasteiger partial charge in [0.15, 0.2) is 0 Å². The molecule has 0 aliphatic heterocycles. The largest absolute Gasteiger partial charge is 0.391 e. The summed E-state index contributed by atoms with van der Waals surface area (Å²) >= 11 is 1.32. The van der Waals surface area contributed by atoms with E-state index in [1.807, 2.05) is 13.8 Å². The van der Waals surface area contributed by atoms with E-state index in [2.05, 4.69) is 9.69 Å². The van der Waals surface area contributed by atoms with Crippen LogP contribution >= 0.6 is 11.5 Å². The number of hydrogen-bond donors (Lipinski definition) is 3. The number of anilines is 2. The van der Waals surface area contributed by atoms with E-state index in [9.17, 15) is 5.11 Å². The van der Waals surface area contributed by atoms with Crippen molar-refractivity contribution in [3.63, 3.8) is 0 Å². The van der Waals surface area contributed by atoms with Gasteiger partial charge in [-0.1, -0.05) is 0 Å². The zero-order valence-corrected chi connectivity index (χ0v) is 8.85. The molecule has 0 aromatic carbocycles. The van der Waals surface area contributed by atoms with Gasteiger partial charge >= 0.3 is 0 Å². The Labute approximate surface area is 81.9 Å². The van der Waals surface area contributed by atoms with Gasteiger partial charge in [0, 0.05) is 11.6 Å². The number of nitrogen functional groups attached to an aromatic ring is 1. The van der Waals surface area contributed by atoms with Crippen molar-refractivity contribution in [2.75, 3.05) is 11.1 Å². The summed E-state index contributed by atoms with van der Waals surface area (Å²) in [6.07, 6.45) is -0.386. The summed E-state index contributed by atoms with van der Waals surface area (Å²) in [4.78, 5) is 0. The third kappa shape index (κ3) is 2.32. The number of nitrogens with zero attached hydrogens (tertiary/aromatic N) is 1. The monoisotopic (exact) mass is 201 g/mol.